The molecule has 0 spiro atoms. The third kappa shape index (κ3) is 2.76. The minimum Gasteiger partial charge on any atom is -0.397 e. The van der Waals surface area contributed by atoms with Gasteiger partial charge in [-0.25, -0.2) is 4.79 Å². The van der Waals surface area contributed by atoms with E-state index in [9.17, 15) is 4.79 Å². The number of nitrogens with zero attached hydrogens (tertiary/aromatic N) is 1. The Kier molecular flexibility index (Phi) is 3.85. The van der Waals surface area contributed by atoms with Crippen LogP contribution in [0.4, 0.5) is 16.2 Å². The quantitative estimate of drug-likeness (QED) is 0.740. The van der Waals surface area contributed by atoms with Gasteiger partial charge in [0.2, 0.25) is 0 Å². The Labute approximate surface area is 112 Å². The maximum Gasteiger partial charge on any atom is 0.319 e. The lowest BCUT2D eigenvalue weighted by Gasteiger charge is -2.12. The van der Waals surface area contributed by atoms with E-state index in [1.807, 2.05) is 26.0 Å². The number of aryl methyl sites for hydroxylation is 1. The van der Waals surface area contributed by atoms with Gasteiger partial charge in [0, 0.05) is 18.1 Å². The van der Waals surface area contributed by atoms with Crippen molar-refractivity contribution in [2.75, 3.05) is 17.6 Å². The summed E-state index contributed by atoms with van der Waals surface area (Å²) in [6.07, 6.45) is 2.62. The largest absolute Gasteiger partial charge is 0.397 e. The number of anilines is 2. The number of nitrogens with two attached hydrogens (primary N) is 1. The monoisotopic (exact) mass is 258 g/mol. The summed E-state index contributed by atoms with van der Waals surface area (Å²) in [5, 5.41) is 6.51. The van der Waals surface area contributed by atoms with Crippen molar-refractivity contribution >= 4 is 28.3 Å². The van der Waals surface area contributed by atoms with Crippen molar-refractivity contribution < 1.29 is 4.79 Å². The van der Waals surface area contributed by atoms with E-state index in [4.69, 9.17) is 5.73 Å². The molecule has 2 aromatic rings. The van der Waals surface area contributed by atoms with E-state index in [1.54, 1.807) is 12.3 Å². The molecular weight excluding hydrogens is 240 g/mol. The summed E-state index contributed by atoms with van der Waals surface area (Å²) in [7, 11) is 0. The summed E-state index contributed by atoms with van der Waals surface area (Å²) in [5.41, 5.74) is 8.87. The van der Waals surface area contributed by atoms with Gasteiger partial charge in [-0.15, -0.1) is 0 Å². The zero-order valence-electron chi connectivity index (χ0n) is 11.2. The highest BCUT2D eigenvalue weighted by Crippen LogP contribution is 2.28. The van der Waals surface area contributed by atoms with E-state index in [0.717, 1.165) is 23.1 Å². The number of pyridine rings is 1. The topological polar surface area (TPSA) is 80.0 Å². The normalized spacial score (nSPS) is 10.4. The maximum atomic E-state index is 11.8. The van der Waals surface area contributed by atoms with Crippen LogP contribution in [0, 0.1) is 6.92 Å². The molecule has 2 amide bonds. The van der Waals surface area contributed by atoms with Crippen LogP contribution in [0.1, 0.15) is 18.9 Å². The number of hydrogen-bond donors (Lipinski definition) is 3. The molecule has 100 valence electrons. The lowest BCUT2D eigenvalue weighted by atomic mass is 10.1. The van der Waals surface area contributed by atoms with Gasteiger partial charge < -0.3 is 16.4 Å². The second-order valence-corrected chi connectivity index (χ2v) is 4.44. The predicted molar refractivity (Wildman–Crippen MR) is 78.2 cm³/mol. The molecule has 0 aliphatic rings. The first-order valence-electron chi connectivity index (χ1n) is 6.32. The van der Waals surface area contributed by atoms with E-state index in [1.165, 1.54) is 0 Å². The molecular formula is C14H18N4O. The summed E-state index contributed by atoms with van der Waals surface area (Å²) >= 11 is 0. The minimum absolute atomic E-state index is 0.208. The number of hydrogen-bond acceptors (Lipinski definition) is 3. The fraction of sp³-hybridized carbons (Fsp3) is 0.286. The van der Waals surface area contributed by atoms with Crippen molar-refractivity contribution in [1.29, 1.82) is 0 Å². The van der Waals surface area contributed by atoms with Crippen LogP contribution < -0.4 is 16.4 Å². The number of para-hydroxylation sites is 1. The first-order chi connectivity index (χ1) is 9.13. The average molecular weight is 258 g/mol. The number of aromatic nitrogens is 1. The highest BCUT2D eigenvalue weighted by molar-refractivity contribution is 6.04. The summed E-state index contributed by atoms with van der Waals surface area (Å²) in [4.78, 5) is 16.1. The number of rotatable bonds is 3. The molecule has 19 heavy (non-hydrogen) atoms. The molecule has 0 atom stereocenters. The van der Waals surface area contributed by atoms with Crippen molar-refractivity contribution in [3.8, 4) is 0 Å². The molecule has 0 unspecified atom stereocenters. The van der Waals surface area contributed by atoms with Gasteiger partial charge in [-0.05, 0) is 25.0 Å². The maximum absolute atomic E-state index is 11.8. The van der Waals surface area contributed by atoms with Crippen LogP contribution >= 0.6 is 0 Å². The molecule has 1 aromatic carbocycles. The van der Waals surface area contributed by atoms with E-state index in [2.05, 4.69) is 15.6 Å². The molecule has 2 rings (SSSR count). The van der Waals surface area contributed by atoms with Crippen LogP contribution in [0.5, 0.6) is 0 Å². The number of carbonyl (C=O) groups is 1. The number of nitrogen functional groups attached to an aromatic ring is 1. The van der Waals surface area contributed by atoms with E-state index in [0.29, 0.717) is 17.7 Å². The third-order valence-corrected chi connectivity index (χ3v) is 2.89. The van der Waals surface area contributed by atoms with Gasteiger partial charge in [0.15, 0.2) is 0 Å². The van der Waals surface area contributed by atoms with Crippen molar-refractivity contribution in [2.45, 2.75) is 20.3 Å². The molecule has 0 bridgehead atoms. The summed E-state index contributed by atoms with van der Waals surface area (Å²) in [6, 6.07) is 5.35. The fourth-order valence-electron chi connectivity index (χ4n) is 1.91. The van der Waals surface area contributed by atoms with Crippen LogP contribution in [0.25, 0.3) is 10.9 Å². The SMILES string of the molecule is CCCNC(=O)Nc1c(C)cnc2c(N)cccc12. The van der Waals surface area contributed by atoms with Crippen LogP contribution in [-0.2, 0) is 0 Å². The van der Waals surface area contributed by atoms with Gasteiger partial charge in [-0.2, -0.15) is 0 Å². The molecule has 1 aromatic heterocycles. The molecule has 5 heteroatoms. The van der Waals surface area contributed by atoms with Crippen LogP contribution in [0.2, 0.25) is 0 Å². The molecule has 4 N–H and O–H groups in total. The zero-order chi connectivity index (χ0) is 13.8. The number of fused-ring (bicyclic) bond motifs is 1. The van der Waals surface area contributed by atoms with Crippen LogP contribution in [0.3, 0.4) is 0 Å². The molecule has 0 fully saturated rings. The van der Waals surface area contributed by atoms with Gasteiger partial charge in [-0.3, -0.25) is 4.98 Å². The first kappa shape index (κ1) is 13.1. The van der Waals surface area contributed by atoms with Crippen molar-refractivity contribution in [3.05, 3.63) is 30.0 Å². The van der Waals surface area contributed by atoms with Gasteiger partial charge in [0.25, 0.3) is 0 Å². The Balaban J connectivity index is 2.39. The number of urea groups is 1. The number of benzene rings is 1. The predicted octanol–water partition coefficient (Wildman–Crippen LogP) is 2.66. The first-order valence-corrected chi connectivity index (χ1v) is 6.32. The standard InChI is InChI=1S/C14H18N4O/c1-3-7-16-14(19)18-12-9(2)8-17-13-10(12)5-4-6-11(13)15/h4-6,8H,3,7,15H2,1-2H3,(H2,16,17,18,19). The number of nitrogens with one attached hydrogen (secondary N) is 2. The fourth-order valence-corrected chi connectivity index (χ4v) is 1.91. The molecule has 0 saturated heterocycles. The summed E-state index contributed by atoms with van der Waals surface area (Å²) in [6.45, 7) is 4.56. The molecule has 5 nitrogen and oxygen atoms in total. The Morgan fingerprint density at radius 1 is 1.42 bits per heavy atom. The Hall–Kier alpha value is -2.30. The van der Waals surface area contributed by atoms with Crippen molar-refractivity contribution in [2.24, 2.45) is 0 Å². The number of amides is 2. The third-order valence-electron chi connectivity index (χ3n) is 2.89. The highest BCUT2D eigenvalue weighted by atomic mass is 16.2. The van der Waals surface area contributed by atoms with E-state index >= 15 is 0 Å². The minimum atomic E-state index is -0.208. The summed E-state index contributed by atoms with van der Waals surface area (Å²) in [5.74, 6) is 0. The zero-order valence-corrected chi connectivity index (χ0v) is 11.2. The molecule has 0 aliphatic carbocycles. The Bertz CT molecular complexity index is 610. The van der Waals surface area contributed by atoms with Gasteiger partial charge >= 0.3 is 6.03 Å². The second-order valence-electron chi connectivity index (χ2n) is 4.44. The van der Waals surface area contributed by atoms with E-state index < -0.39 is 0 Å². The van der Waals surface area contributed by atoms with Crippen LogP contribution in [-0.4, -0.2) is 17.6 Å². The van der Waals surface area contributed by atoms with Gasteiger partial charge in [-0.1, -0.05) is 19.1 Å². The Morgan fingerprint density at radius 3 is 2.95 bits per heavy atom. The average Bonchev–Trinajstić information content (AvgIpc) is 2.40. The second kappa shape index (κ2) is 5.56. The van der Waals surface area contributed by atoms with Crippen molar-refractivity contribution in [1.82, 2.24) is 10.3 Å². The highest BCUT2D eigenvalue weighted by Gasteiger charge is 2.10. The lowest BCUT2D eigenvalue weighted by Crippen LogP contribution is -2.29. The molecule has 0 aliphatic heterocycles. The van der Waals surface area contributed by atoms with Crippen molar-refractivity contribution in [3.63, 3.8) is 0 Å². The van der Waals surface area contributed by atoms with Gasteiger partial charge in [0.1, 0.15) is 0 Å². The smallest absolute Gasteiger partial charge is 0.319 e. The van der Waals surface area contributed by atoms with Crippen LogP contribution in [0.15, 0.2) is 24.4 Å². The summed E-state index contributed by atoms with van der Waals surface area (Å²) < 4.78 is 0. The van der Waals surface area contributed by atoms with E-state index in [-0.39, 0.29) is 6.03 Å². The lowest BCUT2D eigenvalue weighted by molar-refractivity contribution is 0.252. The van der Waals surface area contributed by atoms with Gasteiger partial charge in [0.05, 0.1) is 16.9 Å². The Morgan fingerprint density at radius 2 is 2.21 bits per heavy atom. The molecule has 0 saturated carbocycles. The number of carbonyl (C=O) groups excluding carboxylic acids is 1. The molecule has 0 radical (unpaired) electrons. The molecule has 1 heterocycles.